The van der Waals surface area contributed by atoms with Gasteiger partial charge in [-0.1, -0.05) is 54.9 Å². The molecule has 0 aliphatic carbocycles. The molecule has 1 fully saturated rings. The van der Waals surface area contributed by atoms with E-state index in [-0.39, 0.29) is 6.10 Å². The van der Waals surface area contributed by atoms with E-state index in [1.54, 1.807) is 0 Å². The zero-order valence-corrected chi connectivity index (χ0v) is 15.6. The third-order valence-corrected chi connectivity index (χ3v) is 5.03. The first-order valence-electron chi connectivity index (χ1n) is 9.64. The van der Waals surface area contributed by atoms with Crippen LogP contribution in [0, 0.1) is 0 Å². The highest BCUT2D eigenvalue weighted by molar-refractivity contribution is 5.60. The zero-order valence-electron chi connectivity index (χ0n) is 15.6. The van der Waals surface area contributed by atoms with Gasteiger partial charge in [-0.2, -0.15) is 4.98 Å². The van der Waals surface area contributed by atoms with Crippen LogP contribution in [0.3, 0.4) is 0 Å². The van der Waals surface area contributed by atoms with Crippen LogP contribution in [0.25, 0.3) is 22.8 Å². The summed E-state index contributed by atoms with van der Waals surface area (Å²) >= 11 is 0. The van der Waals surface area contributed by atoms with E-state index >= 15 is 0 Å². The van der Waals surface area contributed by atoms with Gasteiger partial charge in [0, 0.05) is 30.8 Å². The van der Waals surface area contributed by atoms with Crippen LogP contribution in [-0.4, -0.2) is 39.3 Å². The number of nitrogens with zero attached hydrogens (tertiary/aromatic N) is 3. The molecule has 5 heteroatoms. The summed E-state index contributed by atoms with van der Waals surface area (Å²) in [5, 5.41) is 13.8. The summed E-state index contributed by atoms with van der Waals surface area (Å²) in [6, 6.07) is 16.6. The zero-order chi connectivity index (χ0) is 18.6. The molecular weight excluding hydrogens is 338 g/mol. The lowest BCUT2D eigenvalue weighted by Gasteiger charge is -2.14. The Balaban J connectivity index is 1.44. The molecule has 5 nitrogen and oxygen atoms in total. The first kappa shape index (κ1) is 17.9. The molecule has 0 bridgehead atoms. The molecule has 3 aromatic rings. The predicted octanol–water partition coefficient (Wildman–Crippen LogP) is 3.92. The highest BCUT2D eigenvalue weighted by Gasteiger charge is 2.20. The summed E-state index contributed by atoms with van der Waals surface area (Å²) < 4.78 is 5.46. The van der Waals surface area contributed by atoms with E-state index in [4.69, 9.17) is 4.52 Å². The molecule has 2 heterocycles. The summed E-state index contributed by atoms with van der Waals surface area (Å²) in [5.41, 5.74) is 4.43. The summed E-state index contributed by atoms with van der Waals surface area (Å²) in [6.45, 7) is 4.75. The molecule has 2 aromatic carbocycles. The number of aromatic nitrogens is 2. The first-order chi connectivity index (χ1) is 13.2. The number of aryl methyl sites for hydroxylation is 1. The van der Waals surface area contributed by atoms with Crippen LogP contribution in [0.15, 0.2) is 53.1 Å². The molecule has 0 spiro atoms. The van der Waals surface area contributed by atoms with Crippen molar-refractivity contribution >= 4 is 0 Å². The number of aliphatic hydroxyl groups excluding tert-OH is 1. The Morgan fingerprint density at radius 3 is 2.41 bits per heavy atom. The third kappa shape index (κ3) is 4.26. The smallest absolute Gasteiger partial charge is 0.258 e. The van der Waals surface area contributed by atoms with E-state index in [0.29, 0.717) is 11.7 Å². The fourth-order valence-electron chi connectivity index (χ4n) is 3.53. The SMILES string of the molecule is CCCc1ccc(-c2nc(-c3ccc(CN4CC[C@H](O)C4)cc3)no2)cc1. The quantitative estimate of drug-likeness (QED) is 0.719. The van der Waals surface area contributed by atoms with Crippen LogP contribution in [0.5, 0.6) is 0 Å². The molecule has 0 amide bonds. The van der Waals surface area contributed by atoms with E-state index in [1.165, 1.54) is 11.1 Å². The van der Waals surface area contributed by atoms with Crippen molar-refractivity contribution in [2.75, 3.05) is 13.1 Å². The molecule has 0 radical (unpaired) electrons. The van der Waals surface area contributed by atoms with Gasteiger partial charge in [0.1, 0.15) is 0 Å². The molecule has 27 heavy (non-hydrogen) atoms. The highest BCUT2D eigenvalue weighted by Crippen LogP contribution is 2.23. The summed E-state index contributed by atoms with van der Waals surface area (Å²) in [5.74, 6) is 1.15. The molecule has 140 valence electrons. The summed E-state index contributed by atoms with van der Waals surface area (Å²) in [4.78, 5) is 6.82. The minimum atomic E-state index is -0.182. The van der Waals surface area contributed by atoms with Crippen LogP contribution in [0.4, 0.5) is 0 Å². The molecule has 1 N–H and O–H groups in total. The maximum atomic E-state index is 9.64. The number of aliphatic hydroxyl groups is 1. The molecule has 1 aromatic heterocycles. The summed E-state index contributed by atoms with van der Waals surface area (Å²) in [6.07, 6.45) is 2.90. The minimum Gasteiger partial charge on any atom is -0.392 e. The number of β-amino-alcohol motifs (C(OH)–C–C–N with tert-alkyl or cyclic N) is 1. The molecule has 0 saturated carbocycles. The minimum absolute atomic E-state index is 0.182. The normalized spacial score (nSPS) is 17.5. The van der Waals surface area contributed by atoms with Crippen LogP contribution in [0.1, 0.15) is 30.9 Å². The Labute approximate surface area is 159 Å². The average Bonchev–Trinajstić information content (AvgIpc) is 3.33. The Morgan fingerprint density at radius 1 is 1.04 bits per heavy atom. The van der Waals surface area contributed by atoms with Gasteiger partial charge in [-0.05, 0) is 36.1 Å². The maximum absolute atomic E-state index is 9.64. The van der Waals surface area contributed by atoms with Crippen molar-refractivity contribution in [3.05, 3.63) is 59.7 Å². The number of hydrogen-bond donors (Lipinski definition) is 1. The van der Waals surface area contributed by atoms with Gasteiger partial charge in [0.2, 0.25) is 5.82 Å². The molecule has 1 aliphatic heterocycles. The number of benzene rings is 2. The van der Waals surface area contributed by atoms with Crippen LogP contribution < -0.4 is 0 Å². The standard InChI is InChI=1S/C22H25N3O2/c1-2-3-16-4-10-19(11-5-16)22-23-21(24-27-22)18-8-6-17(7-9-18)14-25-13-12-20(26)15-25/h4-11,20,26H,2-3,12-15H2,1H3/t20-/m0/s1. The van der Waals surface area contributed by atoms with Crippen molar-refractivity contribution in [1.29, 1.82) is 0 Å². The van der Waals surface area contributed by atoms with Crippen LogP contribution in [0.2, 0.25) is 0 Å². The average molecular weight is 363 g/mol. The van der Waals surface area contributed by atoms with E-state index in [1.807, 2.05) is 24.3 Å². The first-order valence-corrected chi connectivity index (χ1v) is 9.64. The van der Waals surface area contributed by atoms with Crippen LogP contribution >= 0.6 is 0 Å². The second kappa shape index (κ2) is 8.03. The number of hydrogen-bond acceptors (Lipinski definition) is 5. The maximum Gasteiger partial charge on any atom is 0.258 e. The van der Waals surface area contributed by atoms with Gasteiger partial charge in [0.15, 0.2) is 0 Å². The fourth-order valence-corrected chi connectivity index (χ4v) is 3.53. The van der Waals surface area contributed by atoms with E-state index in [2.05, 4.69) is 46.2 Å². The van der Waals surface area contributed by atoms with Crippen molar-refractivity contribution in [2.24, 2.45) is 0 Å². The van der Waals surface area contributed by atoms with E-state index < -0.39 is 0 Å². The van der Waals surface area contributed by atoms with Crippen molar-refractivity contribution in [1.82, 2.24) is 15.0 Å². The van der Waals surface area contributed by atoms with Crippen LogP contribution in [-0.2, 0) is 13.0 Å². The summed E-state index contributed by atoms with van der Waals surface area (Å²) in [7, 11) is 0. The third-order valence-electron chi connectivity index (χ3n) is 5.03. The fraction of sp³-hybridized carbons (Fsp3) is 0.364. The monoisotopic (exact) mass is 363 g/mol. The van der Waals surface area contributed by atoms with Gasteiger partial charge >= 0.3 is 0 Å². The second-order valence-electron chi connectivity index (χ2n) is 7.24. The lowest BCUT2D eigenvalue weighted by Crippen LogP contribution is -2.21. The molecule has 0 unspecified atom stereocenters. The Bertz CT molecular complexity index is 871. The van der Waals surface area contributed by atoms with Gasteiger partial charge in [-0.3, -0.25) is 4.90 Å². The highest BCUT2D eigenvalue weighted by atomic mass is 16.5. The Hall–Kier alpha value is -2.50. The second-order valence-corrected chi connectivity index (χ2v) is 7.24. The van der Waals surface area contributed by atoms with Gasteiger partial charge < -0.3 is 9.63 Å². The van der Waals surface area contributed by atoms with Crippen molar-refractivity contribution < 1.29 is 9.63 Å². The van der Waals surface area contributed by atoms with Gasteiger partial charge in [-0.25, -0.2) is 0 Å². The largest absolute Gasteiger partial charge is 0.392 e. The molecule has 1 aliphatic rings. The lowest BCUT2D eigenvalue weighted by molar-refractivity contribution is 0.175. The molecule has 1 saturated heterocycles. The topological polar surface area (TPSA) is 62.4 Å². The van der Waals surface area contributed by atoms with Crippen molar-refractivity contribution in [3.8, 4) is 22.8 Å². The van der Waals surface area contributed by atoms with Crippen molar-refractivity contribution in [3.63, 3.8) is 0 Å². The van der Waals surface area contributed by atoms with E-state index in [0.717, 1.165) is 50.0 Å². The Morgan fingerprint density at radius 2 is 1.74 bits per heavy atom. The molecule has 1 atom stereocenters. The van der Waals surface area contributed by atoms with E-state index in [9.17, 15) is 5.11 Å². The molecular formula is C22H25N3O2. The van der Waals surface area contributed by atoms with Gasteiger partial charge in [-0.15, -0.1) is 0 Å². The van der Waals surface area contributed by atoms with Crippen molar-refractivity contribution in [2.45, 2.75) is 38.8 Å². The number of likely N-dealkylation sites (tertiary alicyclic amines) is 1. The Kier molecular flexibility index (Phi) is 5.32. The van der Waals surface area contributed by atoms with Gasteiger partial charge in [0.05, 0.1) is 6.10 Å². The predicted molar refractivity (Wildman–Crippen MR) is 105 cm³/mol. The van der Waals surface area contributed by atoms with Gasteiger partial charge in [0.25, 0.3) is 5.89 Å². The molecule has 4 rings (SSSR count). The lowest BCUT2D eigenvalue weighted by atomic mass is 10.1. The number of rotatable bonds is 6.